The summed E-state index contributed by atoms with van der Waals surface area (Å²) < 4.78 is 0. The van der Waals surface area contributed by atoms with Gasteiger partial charge >= 0.3 is 0 Å². The van der Waals surface area contributed by atoms with Crippen LogP contribution < -0.4 is 16.8 Å². The van der Waals surface area contributed by atoms with Crippen LogP contribution in [0.1, 0.15) is 0 Å². The Kier molecular flexibility index (Phi) is 4.48. The van der Waals surface area contributed by atoms with Crippen LogP contribution in [0.5, 0.6) is 0 Å². The van der Waals surface area contributed by atoms with Crippen LogP contribution in [0.2, 0.25) is 0 Å². The van der Waals surface area contributed by atoms with Gasteiger partial charge in [-0.15, -0.1) is 0 Å². The number of nitrogens with two attached hydrogens (primary N) is 2. The zero-order chi connectivity index (χ0) is 5.54. The van der Waals surface area contributed by atoms with Crippen LogP contribution in [0.25, 0.3) is 0 Å². The quantitative estimate of drug-likeness (QED) is 0.222. The SMILES string of the molecule is NC#CNCCN. The van der Waals surface area contributed by atoms with Crippen LogP contribution in [0.15, 0.2) is 0 Å². The van der Waals surface area contributed by atoms with Crippen LogP contribution in [0, 0.1) is 12.1 Å². The first kappa shape index (κ1) is 6.12. The molecule has 0 aliphatic heterocycles. The lowest BCUT2D eigenvalue weighted by molar-refractivity contribution is 0.864. The first-order chi connectivity index (χ1) is 3.41. The lowest BCUT2D eigenvalue weighted by atomic mass is 10.7. The first-order valence-corrected chi connectivity index (χ1v) is 2.05. The van der Waals surface area contributed by atoms with Gasteiger partial charge in [-0.2, -0.15) is 0 Å². The fraction of sp³-hybridized carbons (Fsp3) is 0.500. The van der Waals surface area contributed by atoms with Crippen molar-refractivity contribution in [3.8, 4) is 12.1 Å². The zero-order valence-electron chi connectivity index (χ0n) is 4.07. The maximum absolute atomic E-state index is 5.10. The van der Waals surface area contributed by atoms with Crippen LogP contribution in [-0.2, 0) is 0 Å². The lowest BCUT2D eigenvalue weighted by Crippen LogP contribution is -2.17. The molecule has 0 saturated carbocycles. The summed E-state index contributed by atoms with van der Waals surface area (Å²) in [5, 5.41) is 2.67. The van der Waals surface area contributed by atoms with E-state index in [1.807, 2.05) is 0 Å². The van der Waals surface area contributed by atoms with E-state index in [1.165, 1.54) is 0 Å². The molecule has 0 radical (unpaired) electrons. The first-order valence-electron chi connectivity index (χ1n) is 2.05. The van der Waals surface area contributed by atoms with Gasteiger partial charge < -0.3 is 16.8 Å². The van der Waals surface area contributed by atoms with Crippen LogP contribution in [0.3, 0.4) is 0 Å². The third-order valence-corrected chi connectivity index (χ3v) is 0.430. The maximum Gasteiger partial charge on any atom is 0.0353 e. The van der Waals surface area contributed by atoms with Crippen molar-refractivity contribution in [2.24, 2.45) is 11.5 Å². The van der Waals surface area contributed by atoms with Crippen molar-refractivity contribution in [2.45, 2.75) is 0 Å². The normalized spacial score (nSPS) is 6.43. The van der Waals surface area contributed by atoms with Crippen LogP contribution in [-0.4, -0.2) is 13.1 Å². The summed E-state index contributed by atoms with van der Waals surface area (Å²) in [6.07, 6.45) is 0. The minimum Gasteiger partial charge on any atom is -0.358 e. The minimum atomic E-state index is 0.592. The van der Waals surface area contributed by atoms with Gasteiger partial charge in [0.2, 0.25) is 0 Å². The Morgan fingerprint density at radius 1 is 1.57 bits per heavy atom. The highest BCUT2D eigenvalue weighted by atomic mass is 14.8. The summed E-state index contributed by atoms with van der Waals surface area (Å²) in [5.74, 6) is 0. The standard InChI is InChI=1S/C4H9N3/c5-1-3-7-4-2-6/h7H,1,3,5-6H2. The molecule has 0 aliphatic carbocycles. The Morgan fingerprint density at radius 3 is 2.71 bits per heavy atom. The van der Waals surface area contributed by atoms with Gasteiger partial charge in [-0.3, -0.25) is 0 Å². The summed E-state index contributed by atoms with van der Waals surface area (Å²) in [6.45, 7) is 1.29. The predicted molar refractivity (Wildman–Crippen MR) is 29.0 cm³/mol. The Labute approximate surface area is 43.1 Å². The van der Waals surface area contributed by atoms with E-state index in [4.69, 9.17) is 11.5 Å². The van der Waals surface area contributed by atoms with E-state index in [0.29, 0.717) is 13.1 Å². The van der Waals surface area contributed by atoms with Gasteiger partial charge in [-0.25, -0.2) is 0 Å². The van der Waals surface area contributed by atoms with Crippen molar-refractivity contribution in [3.63, 3.8) is 0 Å². The molecule has 0 atom stereocenters. The third kappa shape index (κ3) is 5.12. The van der Waals surface area contributed by atoms with E-state index in [9.17, 15) is 0 Å². The molecular weight excluding hydrogens is 90.1 g/mol. The summed E-state index contributed by atoms with van der Waals surface area (Å²) in [6, 6.07) is 4.63. The van der Waals surface area contributed by atoms with Gasteiger partial charge in [0.15, 0.2) is 0 Å². The molecule has 0 fully saturated rings. The Hall–Kier alpha value is -0.880. The molecule has 3 nitrogen and oxygen atoms in total. The Morgan fingerprint density at radius 2 is 2.29 bits per heavy atom. The van der Waals surface area contributed by atoms with Gasteiger partial charge in [0.1, 0.15) is 0 Å². The second-order valence-electron chi connectivity index (χ2n) is 0.985. The van der Waals surface area contributed by atoms with Gasteiger partial charge in [-0.05, 0) is 0 Å². The largest absolute Gasteiger partial charge is 0.358 e. The molecule has 3 heteroatoms. The molecule has 0 amide bonds. The maximum atomic E-state index is 5.10. The molecule has 5 N–H and O–H groups in total. The van der Waals surface area contributed by atoms with E-state index in [2.05, 4.69) is 17.4 Å². The van der Waals surface area contributed by atoms with Crippen molar-refractivity contribution >= 4 is 0 Å². The van der Waals surface area contributed by atoms with Crippen LogP contribution >= 0.6 is 0 Å². The van der Waals surface area contributed by atoms with E-state index < -0.39 is 0 Å². The molecule has 0 aromatic rings. The van der Waals surface area contributed by atoms with E-state index in [0.717, 1.165) is 0 Å². The number of hydrogen-bond acceptors (Lipinski definition) is 3. The summed E-state index contributed by atoms with van der Waals surface area (Å²) in [4.78, 5) is 0. The second-order valence-corrected chi connectivity index (χ2v) is 0.985. The van der Waals surface area contributed by atoms with Gasteiger partial charge in [-0.1, -0.05) is 0 Å². The molecule has 0 saturated heterocycles. The molecular formula is C4H9N3. The molecule has 0 aromatic heterocycles. The fourth-order valence-electron chi connectivity index (χ4n) is 0.186. The molecule has 0 unspecified atom stereocenters. The van der Waals surface area contributed by atoms with E-state index in [1.54, 1.807) is 0 Å². The average molecular weight is 99.1 g/mol. The Balaban J connectivity index is 2.78. The zero-order valence-corrected chi connectivity index (χ0v) is 4.07. The lowest BCUT2D eigenvalue weighted by Gasteiger charge is -1.87. The number of hydrogen-bond donors (Lipinski definition) is 3. The highest BCUT2D eigenvalue weighted by Gasteiger charge is 1.68. The molecule has 7 heavy (non-hydrogen) atoms. The molecule has 40 valence electrons. The van der Waals surface area contributed by atoms with Crippen molar-refractivity contribution in [1.82, 2.24) is 5.32 Å². The van der Waals surface area contributed by atoms with E-state index in [-0.39, 0.29) is 0 Å². The molecule has 0 rings (SSSR count). The highest BCUT2D eigenvalue weighted by Crippen LogP contribution is 1.43. The Bertz CT molecular complexity index is 78.7. The van der Waals surface area contributed by atoms with Crippen molar-refractivity contribution < 1.29 is 0 Å². The summed E-state index contributed by atoms with van der Waals surface area (Å²) >= 11 is 0. The molecule has 0 bridgehead atoms. The topological polar surface area (TPSA) is 64.1 Å². The molecule has 0 heterocycles. The monoisotopic (exact) mass is 99.1 g/mol. The van der Waals surface area contributed by atoms with Crippen LogP contribution in [0.4, 0.5) is 0 Å². The molecule has 0 aliphatic rings. The predicted octanol–water partition coefficient (Wildman–Crippen LogP) is -1.59. The van der Waals surface area contributed by atoms with Crippen molar-refractivity contribution in [2.75, 3.05) is 13.1 Å². The smallest absolute Gasteiger partial charge is 0.0353 e. The third-order valence-electron chi connectivity index (χ3n) is 0.430. The highest BCUT2D eigenvalue weighted by molar-refractivity contribution is 4.90. The van der Waals surface area contributed by atoms with Gasteiger partial charge in [0.25, 0.3) is 0 Å². The summed E-state index contributed by atoms with van der Waals surface area (Å²) in [5.41, 5.74) is 9.90. The second kappa shape index (κ2) is 5.12. The average Bonchev–Trinajstić information content (AvgIpc) is 1.69. The van der Waals surface area contributed by atoms with Gasteiger partial charge in [0.05, 0.1) is 0 Å². The number of nitrogens with one attached hydrogen (secondary N) is 1. The number of rotatable bonds is 2. The molecule has 0 aromatic carbocycles. The van der Waals surface area contributed by atoms with Gasteiger partial charge in [0, 0.05) is 25.2 Å². The van der Waals surface area contributed by atoms with Crippen molar-refractivity contribution in [3.05, 3.63) is 0 Å². The van der Waals surface area contributed by atoms with Crippen molar-refractivity contribution in [1.29, 1.82) is 0 Å². The fourth-order valence-corrected chi connectivity index (χ4v) is 0.186. The minimum absolute atomic E-state index is 0.592. The van der Waals surface area contributed by atoms with E-state index >= 15 is 0 Å². The summed E-state index contributed by atoms with van der Waals surface area (Å²) in [7, 11) is 0. The molecule has 0 spiro atoms.